The van der Waals surface area contributed by atoms with Crippen molar-refractivity contribution in [2.75, 3.05) is 0 Å². The molecule has 118 valence electrons. The van der Waals surface area contributed by atoms with Gasteiger partial charge in [-0.25, -0.2) is 0 Å². The van der Waals surface area contributed by atoms with Crippen molar-refractivity contribution in [2.24, 2.45) is 0 Å². The molecule has 0 saturated heterocycles. The van der Waals surface area contributed by atoms with E-state index in [9.17, 15) is 0 Å². The smallest absolute Gasteiger partial charge is 0.191 e. The summed E-state index contributed by atoms with van der Waals surface area (Å²) in [6.45, 7) is 2.87. The summed E-state index contributed by atoms with van der Waals surface area (Å²) in [5, 5.41) is 10.6. The van der Waals surface area contributed by atoms with Crippen LogP contribution in [0.3, 0.4) is 0 Å². The van der Waals surface area contributed by atoms with Crippen molar-refractivity contribution >= 4 is 35.0 Å². The molecule has 0 aliphatic carbocycles. The number of thioether (sulfide) groups is 1. The van der Waals surface area contributed by atoms with E-state index in [1.807, 2.05) is 30.3 Å². The van der Waals surface area contributed by atoms with Crippen molar-refractivity contribution in [3.8, 4) is 11.4 Å². The SMILES string of the molecule is CCn1c(SCc2ccc(Cl)c(Cl)c2)nnc1-c1cccnc1. The lowest BCUT2D eigenvalue weighted by molar-refractivity contribution is 0.687. The minimum atomic E-state index is 0.566. The van der Waals surface area contributed by atoms with Gasteiger partial charge in [0.05, 0.1) is 10.0 Å². The van der Waals surface area contributed by atoms with E-state index in [2.05, 4.69) is 26.7 Å². The van der Waals surface area contributed by atoms with Gasteiger partial charge in [-0.3, -0.25) is 4.98 Å². The topological polar surface area (TPSA) is 43.6 Å². The molecule has 0 saturated carbocycles. The monoisotopic (exact) mass is 364 g/mol. The van der Waals surface area contributed by atoms with E-state index in [0.717, 1.165) is 34.4 Å². The van der Waals surface area contributed by atoms with Gasteiger partial charge in [-0.05, 0) is 36.8 Å². The summed E-state index contributed by atoms with van der Waals surface area (Å²) in [5.41, 5.74) is 2.06. The van der Waals surface area contributed by atoms with Crippen LogP contribution in [-0.2, 0) is 12.3 Å². The number of aromatic nitrogens is 4. The lowest BCUT2D eigenvalue weighted by atomic mass is 10.2. The highest BCUT2D eigenvalue weighted by molar-refractivity contribution is 7.98. The van der Waals surface area contributed by atoms with Crippen molar-refractivity contribution in [3.63, 3.8) is 0 Å². The van der Waals surface area contributed by atoms with Crippen LogP contribution in [0.1, 0.15) is 12.5 Å². The third-order valence-corrected chi connectivity index (χ3v) is 5.08. The van der Waals surface area contributed by atoms with Gasteiger partial charge in [0.25, 0.3) is 0 Å². The van der Waals surface area contributed by atoms with Gasteiger partial charge in [-0.2, -0.15) is 0 Å². The second-order valence-electron chi connectivity index (χ2n) is 4.83. The first-order valence-electron chi connectivity index (χ1n) is 7.09. The molecule has 0 fully saturated rings. The maximum Gasteiger partial charge on any atom is 0.191 e. The van der Waals surface area contributed by atoms with Crippen molar-refractivity contribution in [1.82, 2.24) is 19.7 Å². The summed E-state index contributed by atoms with van der Waals surface area (Å²) in [7, 11) is 0. The molecule has 0 atom stereocenters. The molecule has 0 radical (unpaired) electrons. The molecule has 2 aromatic heterocycles. The quantitative estimate of drug-likeness (QED) is 0.600. The van der Waals surface area contributed by atoms with Crippen molar-refractivity contribution < 1.29 is 0 Å². The fourth-order valence-corrected chi connectivity index (χ4v) is 3.43. The summed E-state index contributed by atoms with van der Waals surface area (Å²) in [5.74, 6) is 1.58. The van der Waals surface area contributed by atoms with Crippen molar-refractivity contribution in [1.29, 1.82) is 0 Å². The van der Waals surface area contributed by atoms with Crippen LogP contribution in [0.4, 0.5) is 0 Å². The Kier molecular flexibility index (Phi) is 5.20. The molecule has 0 unspecified atom stereocenters. The highest BCUT2D eigenvalue weighted by Gasteiger charge is 2.13. The fourth-order valence-electron chi connectivity index (χ4n) is 2.17. The predicted octanol–water partition coefficient (Wildman–Crippen LogP) is 4.96. The van der Waals surface area contributed by atoms with E-state index in [1.165, 1.54) is 0 Å². The van der Waals surface area contributed by atoms with E-state index in [-0.39, 0.29) is 0 Å². The van der Waals surface area contributed by atoms with Crippen LogP contribution in [0.2, 0.25) is 10.0 Å². The van der Waals surface area contributed by atoms with Crippen molar-refractivity contribution in [2.45, 2.75) is 24.4 Å². The molecule has 0 aliphatic rings. The van der Waals surface area contributed by atoms with Gasteiger partial charge in [-0.1, -0.05) is 41.0 Å². The fraction of sp³-hybridized carbons (Fsp3) is 0.188. The largest absolute Gasteiger partial charge is 0.302 e. The van der Waals surface area contributed by atoms with Gasteiger partial charge in [0, 0.05) is 30.3 Å². The standard InChI is InChI=1S/C16H14Cl2N4S/c1-2-22-15(12-4-3-7-19-9-12)20-21-16(22)23-10-11-5-6-13(17)14(18)8-11/h3-9H,2,10H2,1H3. The molecule has 2 heterocycles. The molecule has 0 bridgehead atoms. The lowest BCUT2D eigenvalue weighted by Gasteiger charge is -2.07. The lowest BCUT2D eigenvalue weighted by Crippen LogP contribution is -2.00. The van der Waals surface area contributed by atoms with Gasteiger partial charge in [0.1, 0.15) is 0 Å². The Balaban J connectivity index is 1.81. The summed E-state index contributed by atoms with van der Waals surface area (Å²) in [6, 6.07) is 9.54. The first kappa shape index (κ1) is 16.3. The van der Waals surface area contributed by atoms with E-state index < -0.39 is 0 Å². The van der Waals surface area contributed by atoms with E-state index in [1.54, 1.807) is 24.2 Å². The summed E-state index contributed by atoms with van der Waals surface area (Å²) >= 11 is 13.6. The third kappa shape index (κ3) is 3.68. The molecule has 23 heavy (non-hydrogen) atoms. The van der Waals surface area contributed by atoms with Gasteiger partial charge in [0.2, 0.25) is 0 Å². The normalized spacial score (nSPS) is 10.9. The minimum absolute atomic E-state index is 0.566. The molecule has 7 heteroatoms. The van der Waals surface area contributed by atoms with Crippen LogP contribution in [-0.4, -0.2) is 19.7 Å². The van der Waals surface area contributed by atoms with Gasteiger partial charge in [-0.15, -0.1) is 10.2 Å². The van der Waals surface area contributed by atoms with Gasteiger partial charge >= 0.3 is 0 Å². The Bertz CT molecular complexity index is 805. The average molecular weight is 365 g/mol. The summed E-state index contributed by atoms with van der Waals surface area (Å²) in [6.07, 6.45) is 3.54. The number of hydrogen-bond donors (Lipinski definition) is 0. The van der Waals surface area contributed by atoms with Crippen LogP contribution in [0.15, 0.2) is 47.9 Å². The number of benzene rings is 1. The molecule has 4 nitrogen and oxygen atoms in total. The van der Waals surface area contributed by atoms with Crippen LogP contribution in [0.5, 0.6) is 0 Å². The zero-order chi connectivity index (χ0) is 16.2. The third-order valence-electron chi connectivity index (χ3n) is 3.30. The maximum absolute atomic E-state index is 6.06. The van der Waals surface area contributed by atoms with E-state index in [0.29, 0.717) is 10.0 Å². The van der Waals surface area contributed by atoms with Crippen LogP contribution in [0, 0.1) is 0 Å². The average Bonchev–Trinajstić information content (AvgIpc) is 2.99. The van der Waals surface area contributed by atoms with Crippen LogP contribution in [0.25, 0.3) is 11.4 Å². The number of halogens is 2. The molecule has 3 aromatic rings. The number of hydrogen-bond acceptors (Lipinski definition) is 4. The molecular formula is C16H14Cl2N4S. The number of nitrogens with zero attached hydrogens (tertiary/aromatic N) is 4. The maximum atomic E-state index is 6.06. The minimum Gasteiger partial charge on any atom is -0.302 e. The molecule has 1 aromatic carbocycles. The van der Waals surface area contributed by atoms with Crippen molar-refractivity contribution in [3.05, 3.63) is 58.3 Å². The highest BCUT2D eigenvalue weighted by atomic mass is 35.5. The molecule has 0 amide bonds. The van der Waals surface area contributed by atoms with E-state index >= 15 is 0 Å². The van der Waals surface area contributed by atoms with Gasteiger partial charge in [0.15, 0.2) is 11.0 Å². The highest BCUT2D eigenvalue weighted by Crippen LogP contribution is 2.28. The van der Waals surface area contributed by atoms with E-state index in [4.69, 9.17) is 23.2 Å². The Labute approximate surface area is 148 Å². The molecular weight excluding hydrogens is 351 g/mol. The zero-order valence-corrected chi connectivity index (χ0v) is 14.7. The van der Waals surface area contributed by atoms with Crippen LogP contribution >= 0.6 is 35.0 Å². The Morgan fingerprint density at radius 1 is 1.13 bits per heavy atom. The Hall–Kier alpha value is -1.56. The Morgan fingerprint density at radius 2 is 2.00 bits per heavy atom. The number of rotatable bonds is 5. The molecule has 0 aliphatic heterocycles. The Morgan fingerprint density at radius 3 is 2.70 bits per heavy atom. The second kappa shape index (κ2) is 7.34. The summed E-state index contributed by atoms with van der Waals surface area (Å²) in [4.78, 5) is 4.14. The molecule has 0 spiro atoms. The zero-order valence-electron chi connectivity index (χ0n) is 12.4. The summed E-state index contributed by atoms with van der Waals surface area (Å²) < 4.78 is 2.08. The number of pyridine rings is 1. The molecule has 3 rings (SSSR count). The van der Waals surface area contributed by atoms with Crippen LogP contribution < -0.4 is 0 Å². The second-order valence-corrected chi connectivity index (χ2v) is 6.59. The predicted molar refractivity (Wildman–Crippen MR) is 95.0 cm³/mol. The first-order chi connectivity index (χ1) is 11.2. The van der Waals surface area contributed by atoms with Gasteiger partial charge < -0.3 is 4.57 Å². The first-order valence-corrected chi connectivity index (χ1v) is 8.83. The molecule has 0 N–H and O–H groups in total.